The van der Waals surface area contributed by atoms with Crippen LogP contribution in [0, 0.1) is 0 Å². The van der Waals surface area contributed by atoms with Gasteiger partial charge in [-0.05, 0) is 12.1 Å². The minimum atomic E-state index is -1.12. The molecule has 0 radical (unpaired) electrons. The zero-order chi connectivity index (χ0) is 15.2. The van der Waals surface area contributed by atoms with Crippen molar-refractivity contribution in [3.63, 3.8) is 0 Å². The molecule has 0 aromatic heterocycles. The molecule has 4 heteroatoms. The van der Waals surface area contributed by atoms with Crippen LogP contribution in [0.1, 0.15) is 0 Å². The molecule has 3 nitrogen and oxygen atoms in total. The van der Waals surface area contributed by atoms with Gasteiger partial charge < -0.3 is 9.99 Å². The first-order valence-electron chi connectivity index (χ1n) is 6.87. The second-order valence-corrected chi connectivity index (χ2v) is 6.36. The molecule has 0 heterocycles. The van der Waals surface area contributed by atoms with Crippen LogP contribution in [-0.4, -0.2) is 5.11 Å². The van der Waals surface area contributed by atoms with Crippen LogP contribution in [0.2, 0.25) is 0 Å². The first-order chi connectivity index (χ1) is 10.8. The van der Waals surface area contributed by atoms with Crippen LogP contribution < -0.4 is 15.5 Å². The SMILES string of the molecule is Oc1ccccc1OOP(c1ccccc1)c1ccccc1. The van der Waals surface area contributed by atoms with Crippen molar-refractivity contribution < 1.29 is 14.7 Å². The molecule has 22 heavy (non-hydrogen) atoms. The predicted octanol–water partition coefficient (Wildman–Crippen LogP) is 3.75. The number of rotatable bonds is 5. The summed E-state index contributed by atoms with van der Waals surface area (Å²) >= 11 is 0. The smallest absolute Gasteiger partial charge is 0.207 e. The zero-order valence-electron chi connectivity index (χ0n) is 11.8. The molecular formula is C18H15O3P. The summed E-state index contributed by atoms with van der Waals surface area (Å²) in [5, 5.41) is 11.8. The maximum atomic E-state index is 9.77. The van der Waals surface area contributed by atoms with Crippen molar-refractivity contribution in [3.05, 3.63) is 84.9 Å². The van der Waals surface area contributed by atoms with Gasteiger partial charge in [-0.25, -0.2) is 0 Å². The van der Waals surface area contributed by atoms with Gasteiger partial charge in [0.1, 0.15) is 8.15 Å². The van der Waals surface area contributed by atoms with Crippen molar-refractivity contribution in [2.45, 2.75) is 0 Å². The van der Waals surface area contributed by atoms with E-state index in [9.17, 15) is 5.11 Å². The average Bonchev–Trinajstić information content (AvgIpc) is 2.59. The summed E-state index contributed by atoms with van der Waals surface area (Å²) in [6.07, 6.45) is 0. The van der Waals surface area contributed by atoms with Crippen molar-refractivity contribution in [1.82, 2.24) is 0 Å². The molecule has 0 aliphatic heterocycles. The fraction of sp³-hybridized carbons (Fsp3) is 0. The van der Waals surface area contributed by atoms with Crippen LogP contribution in [0.15, 0.2) is 84.9 Å². The number of hydrogen-bond donors (Lipinski definition) is 1. The van der Waals surface area contributed by atoms with E-state index in [1.165, 1.54) is 0 Å². The first kappa shape index (κ1) is 14.6. The number of phenols is 1. The molecule has 0 spiro atoms. The highest BCUT2D eigenvalue weighted by Crippen LogP contribution is 2.37. The molecule has 0 atom stereocenters. The van der Waals surface area contributed by atoms with Gasteiger partial charge in [-0.2, -0.15) is 4.67 Å². The molecule has 0 amide bonds. The lowest BCUT2D eigenvalue weighted by Crippen LogP contribution is -2.14. The number of hydrogen-bond acceptors (Lipinski definition) is 3. The van der Waals surface area contributed by atoms with Gasteiger partial charge in [-0.3, -0.25) is 0 Å². The van der Waals surface area contributed by atoms with Crippen molar-refractivity contribution in [1.29, 1.82) is 0 Å². The van der Waals surface area contributed by atoms with Crippen molar-refractivity contribution >= 4 is 18.8 Å². The highest BCUT2D eigenvalue weighted by molar-refractivity contribution is 7.68. The number of phenolic OH excluding ortho intramolecular Hbond substituents is 1. The van der Waals surface area contributed by atoms with Gasteiger partial charge in [-0.1, -0.05) is 72.8 Å². The van der Waals surface area contributed by atoms with E-state index in [1.807, 2.05) is 60.7 Å². The quantitative estimate of drug-likeness (QED) is 0.443. The maximum Gasteiger partial charge on any atom is 0.207 e. The molecule has 0 fully saturated rings. The van der Waals surface area contributed by atoms with E-state index >= 15 is 0 Å². The Morgan fingerprint density at radius 2 is 1.14 bits per heavy atom. The molecule has 3 aromatic carbocycles. The normalized spacial score (nSPS) is 10.6. The van der Waals surface area contributed by atoms with Gasteiger partial charge >= 0.3 is 0 Å². The second kappa shape index (κ2) is 7.08. The monoisotopic (exact) mass is 310 g/mol. The topological polar surface area (TPSA) is 38.7 Å². The molecule has 1 N–H and O–H groups in total. The largest absolute Gasteiger partial charge is 0.504 e. The first-order valence-corrected chi connectivity index (χ1v) is 8.13. The highest BCUT2D eigenvalue weighted by atomic mass is 31.1. The molecule has 0 aliphatic rings. The second-order valence-electron chi connectivity index (χ2n) is 4.59. The molecule has 3 aromatic rings. The molecule has 3 rings (SSSR count). The minimum absolute atomic E-state index is 0.0542. The summed E-state index contributed by atoms with van der Waals surface area (Å²) < 4.78 is 5.69. The Bertz CT molecular complexity index is 677. The predicted molar refractivity (Wildman–Crippen MR) is 88.9 cm³/mol. The van der Waals surface area contributed by atoms with Crippen LogP contribution in [0.5, 0.6) is 11.5 Å². The van der Waals surface area contributed by atoms with Crippen molar-refractivity contribution in [2.75, 3.05) is 0 Å². The van der Waals surface area contributed by atoms with Gasteiger partial charge in [0, 0.05) is 10.6 Å². The Balaban J connectivity index is 1.85. The number of para-hydroxylation sites is 2. The maximum absolute atomic E-state index is 9.77. The lowest BCUT2D eigenvalue weighted by Gasteiger charge is -2.17. The van der Waals surface area contributed by atoms with Gasteiger partial charge in [0.05, 0.1) is 0 Å². The molecule has 110 valence electrons. The van der Waals surface area contributed by atoms with E-state index in [2.05, 4.69) is 0 Å². The molecular weight excluding hydrogens is 295 g/mol. The molecule has 0 saturated carbocycles. The lowest BCUT2D eigenvalue weighted by molar-refractivity contribution is -0.0872. The summed E-state index contributed by atoms with van der Waals surface area (Å²) in [5.41, 5.74) is 0. The number of aromatic hydroxyl groups is 1. The Morgan fingerprint density at radius 3 is 1.68 bits per heavy atom. The van der Waals surface area contributed by atoms with Crippen LogP contribution in [0.3, 0.4) is 0 Å². The third-order valence-corrected chi connectivity index (χ3v) is 4.81. The Kier molecular flexibility index (Phi) is 4.69. The van der Waals surface area contributed by atoms with E-state index in [-0.39, 0.29) is 5.75 Å². The summed E-state index contributed by atoms with van der Waals surface area (Å²) in [6, 6.07) is 26.6. The standard InChI is InChI=1S/C18H15O3P/c19-17-13-7-8-14-18(17)20-21-22(15-9-3-1-4-10-15)16-11-5-2-6-12-16/h1-14,19H. The molecule has 0 unspecified atom stereocenters. The van der Waals surface area contributed by atoms with Gasteiger partial charge in [0.25, 0.3) is 0 Å². The summed E-state index contributed by atoms with van der Waals surface area (Å²) in [5.74, 6) is 0.362. The lowest BCUT2D eigenvalue weighted by atomic mass is 10.3. The third kappa shape index (κ3) is 3.45. The van der Waals surface area contributed by atoms with Crippen LogP contribution in [-0.2, 0) is 4.67 Å². The van der Waals surface area contributed by atoms with Crippen LogP contribution in [0.25, 0.3) is 0 Å². The average molecular weight is 310 g/mol. The van der Waals surface area contributed by atoms with Crippen molar-refractivity contribution in [3.8, 4) is 11.5 Å². The minimum Gasteiger partial charge on any atom is -0.504 e. The zero-order valence-corrected chi connectivity index (χ0v) is 12.7. The van der Waals surface area contributed by atoms with Crippen molar-refractivity contribution in [2.24, 2.45) is 0 Å². The molecule has 0 saturated heterocycles. The summed E-state index contributed by atoms with van der Waals surface area (Å²) in [4.78, 5) is 5.39. The van der Waals surface area contributed by atoms with E-state index < -0.39 is 8.15 Å². The van der Waals surface area contributed by atoms with E-state index in [0.29, 0.717) is 5.75 Å². The van der Waals surface area contributed by atoms with Crippen LogP contribution in [0.4, 0.5) is 0 Å². The molecule has 0 bridgehead atoms. The highest BCUT2D eigenvalue weighted by Gasteiger charge is 2.17. The van der Waals surface area contributed by atoms with E-state index in [1.54, 1.807) is 24.3 Å². The third-order valence-electron chi connectivity index (χ3n) is 3.05. The van der Waals surface area contributed by atoms with Crippen LogP contribution >= 0.6 is 8.15 Å². The summed E-state index contributed by atoms with van der Waals surface area (Å²) in [6.45, 7) is 0. The Morgan fingerprint density at radius 1 is 0.636 bits per heavy atom. The van der Waals surface area contributed by atoms with Gasteiger partial charge in [0.2, 0.25) is 5.75 Å². The van der Waals surface area contributed by atoms with E-state index in [4.69, 9.17) is 9.56 Å². The molecule has 0 aliphatic carbocycles. The van der Waals surface area contributed by atoms with Gasteiger partial charge in [0.15, 0.2) is 5.75 Å². The van der Waals surface area contributed by atoms with Gasteiger partial charge in [-0.15, -0.1) is 0 Å². The summed E-state index contributed by atoms with van der Waals surface area (Å²) in [7, 11) is -1.12. The van der Waals surface area contributed by atoms with E-state index in [0.717, 1.165) is 10.6 Å². The number of benzene rings is 3. The fourth-order valence-corrected chi connectivity index (χ4v) is 3.48. The fourth-order valence-electron chi connectivity index (χ4n) is 1.97. The Labute approximate surface area is 130 Å². The Hall–Kier alpha value is -2.35.